The molecule has 1 amide bonds. The molecule has 0 aromatic heterocycles. The van der Waals surface area contributed by atoms with Crippen molar-refractivity contribution in [3.05, 3.63) is 0 Å². The van der Waals surface area contributed by atoms with Crippen LogP contribution in [0.25, 0.3) is 0 Å². The van der Waals surface area contributed by atoms with Crippen LogP contribution in [-0.4, -0.2) is 56.2 Å². The zero-order valence-electron chi connectivity index (χ0n) is 11.2. The third-order valence-corrected chi connectivity index (χ3v) is 2.82. The Bertz CT molecular complexity index is 275. The molecule has 1 saturated heterocycles. The van der Waals surface area contributed by atoms with Crippen LogP contribution < -0.4 is 11.1 Å². The van der Waals surface area contributed by atoms with Gasteiger partial charge in [-0.3, -0.25) is 4.79 Å². The molecule has 1 aliphatic rings. The number of carbonyl (C=O) groups excluding carboxylic acids is 1. The molecule has 0 unspecified atom stereocenters. The van der Waals surface area contributed by atoms with Crippen LogP contribution in [0.5, 0.6) is 0 Å². The molecular formula is C12H24N4O2. The van der Waals surface area contributed by atoms with Crippen LogP contribution in [0.15, 0.2) is 4.99 Å². The van der Waals surface area contributed by atoms with Gasteiger partial charge in [0, 0.05) is 32.8 Å². The Morgan fingerprint density at radius 2 is 2.17 bits per heavy atom. The summed E-state index contributed by atoms with van der Waals surface area (Å²) in [5.74, 6) is 0.394. The van der Waals surface area contributed by atoms with Crippen LogP contribution in [0.4, 0.5) is 0 Å². The molecule has 0 spiro atoms. The van der Waals surface area contributed by atoms with Crippen molar-refractivity contribution in [2.45, 2.75) is 26.2 Å². The lowest BCUT2D eigenvalue weighted by Crippen LogP contribution is -2.35. The molecule has 3 N–H and O–H groups in total. The van der Waals surface area contributed by atoms with E-state index in [-0.39, 0.29) is 12.5 Å². The third kappa shape index (κ3) is 5.86. The molecule has 1 aliphatic heterocycles. The second-order valence-electron chi connectivity index (χ2n) is 4.27. The molecule has 0 aliphatic carbocycles. The molecule has 1 heterocycles. The van der Waals surface area contributed by atoms with Gasteiger partial charge >= 0.3 is 0 Å². The van der Waals surface area contributed by atoms with Crippen molar-refractivity contribution in [1.82, 2.24) is 10.2 Å². The highest BCUT2D eigenvalue weighted by atomic mass is 16.5. The topological polar surface area (TPSA) is 80.0 Å². The summed E-state index contributed by atoms with van der Waals surface area (Å²) in [5.41, 5.74) is 5.66. The van der Waals surface area contributed by atoms with Gasteiger partial charge in [0.25, 0.3) is 0 Å². The summed E-state index contributed by atoms with van der Waals surface area (Å²) in [6.45, 7) is 5.98. The van der Waals surface area contributed by atoms with E-state index in [1.54, 1.807) is 0 Å². The number of likely N-dealkylation sites (tertiary alicyclic amines) is 1. The van der Waals surface area contributed by atoms with Gasteiger partial charge in [-0.2, -0.15) is 0 Å². The Morgan fingerprint density at radius 3 is 2.83 bits per heavy atom. The van der Waals surface area contributed by atoms with Crippen LogP contribution in [-0.2, 0) is 9.53 Å². The highest BCUT2D eigenvalue weighted by molar-refractivity contribution is 5.84. The van der Waals surface area contributed by atoms with E-state index in [0.717, 1.165) is 39.0 Å². The Labute approximate surface area is 109 Å². The maximum Gasteiger partial charge on any atom is 0.244 e. The van der Waals surface area contributed by atoms with Gasteiger partial charge in [0.2, 0.25) is 5.91 Å². The molecule has 6 nitrogen and oxygen atoms in total. The number of rotatable bonds is 7. The summed E-state index contributed by atoms with van der Waals surface area (Å²) >= 11 is 0. The maximum atomic E-state index is 11.7. The molecule has 0 aromatic carbocycles. The van der Waals surface area contributed by atoms with Gasteiger partial charge < -0.3 is 20.7 Å². The number of hydrogen-bond donors (Lipinski definition) is 2. The minimum atomic E-state index is 0.0616. The van der Waals surface area contributed by atoms with E-state index in [1.807, 2.05) is 11.8 Å². The number of nitrogens with one attached hydrogen (secondary N) is 1. The van der Waals surface area contributed by atoms with E-state index >= 15 is 0 Å². The molecule has 104 valence electrons. The first-order valence-corrected chi connectivity index (χ1v) is 6.63. The highest BCUT2D eigenvalue weighted by Crippen LogP contribution is 2.06. The smallest absolute Gasteiger partial charge is 0.244 e. The van der Waals surface area contributed by atoms with E-state index in [1.165, 1.54) is 0 Å². The number of hydrogen-bond acceptors (Lipinski definition) is 3. The lowest BCUT2D eigenvalue weighted by Gasteiger charge is -2.13. The van der Waals surface area contributed by atoms with Crippen molar-refractivity contribution in [3.63, 3.8) is 0 Å². The molecule has 1 fully saturated rings. The second-order valence-corrected chi connectivity index (χ2v) is 4.27. The first-order chi connectivity index (χ1) is 8.74. The molecule has 18 heavy (non-hydrogen) atoms. The molecule has 1 rings (SSSR count). The Kier molecular flexibility index (Phi) is 7.17. The number of guanidine groups is 1. The molecule has 0 atom stereocenters. The molecule has 0 bridgehead atoms. The first kappa shape index (κ1) is 14.8. The van der Waals surface area contributed by atoms with Gasteiger partial charge in [-0.1, -0.05) is 0 Å². The predicted molar refractivity (Wildman–Crippen MR) is 71.4 cm³/mol. The van der Waals surface area contributed by atoms with Gasteiger partial charge in [-0.05, 0) is 26.2 Å². The van der Waals surface area contributed by atoms with Gasteiger partial charge in [0.15, 0.2) is 5.96 Å². The van der Waals surface area contributed by atoms with Crippen LogP contribution in [0.2, 0.25) is 0 Å². The fourth-order valence-electron chi connectivity index (χ4n) is 1.81. The van der Waals surface area contributed by atoms with Crippen LogP contribution in [0.3, 0.4) is 0 Å². The van der Waals surface area contributed by atoms with Crippen molar-refractivity contribution in [2.24, 2.45) is 10.7 Å². The monoisotopic (exact) mass is 256 g/mol. The van der Waals surface area contributed by atoms with E-state index < -0.39 is 0 Å². The zero-order valence-corrected chi connectivity index (χ0v) is 11.2. The average Bonchev–Trinajstić information content (AvgIpc) is 2.89. The first-order valence-electron chi connectivity index (χ1n) is 6.63. The van der Waals surface area contributed by atoms with E-state index in [2.05, 4.69) is 10.3 Å². The standard InChI is InChI=1S/C12H24N4O2/c1-2-18-9-5-6-14-12(13)15-10-11(17)16-7-3-4-8-16/h2-10H2,1H3,(H3,13,14,15). The summed E-state index contributed by atoms with van der Waals surface area (Å²) in [6.07, 6.45) is 3.07. The van der Waals surface area contributed by atoms with Crippen molar-refractivity contribution >= 4 is 11.9 Å². The quantitative estimate of drug-likeness (QED) is 0.380. The van der Waals surface area contributed by atoms with Gasteiger partial charge in [-0.25, -0.2) is 4.99 Å². The SMILES string of the molecule is CCOCCCNC(N)=NCC(=O)N1CCCC1. The number of amides is 1. The van der Waals surface area contributed by atoms with E-state index in [9.17, 15) is 4.79 Å². The second kappa shape index (κ2) is 8.74. The molecule has 0 aromatic rings. The minimum Gasteiger partial charge on any atom is -0.382 e. The average molecular weight is 256 g/mol. The van der Waals surface area contributed by atoms with Crippen LogP contribution in [0, 0.1) is 0 Å². The number of nitrogens with zero attached hydrogens (tertiary/aromatic N) is 2. The Morgan fingerprint density at radius 1 is 1.44 bits per heavy atom. The summed E-state index contributed by atoms with van der Waals surface area (Å²) < 4.78 is 5.20. The minimum absolute atomic E-state index is 0.0616. The molecule has 6 heteroatoms. The number of ether oxygens (including phenoxy) is 1. The van der Waals surface area contributed by atoms with Gasteiger partial charge in [0.05, 0.1) is 0 Å². The summed E-state index contributed by atoms with van der Waals surface area (Å²) in [4.78, 5) is 17.6. The number of carbonyl (C=O) groups is 1. The molecular weight excluding hydrogens is 232 g/mol. The predicted octanol–water partition coefficient (Wildman–Crippen LogP) is -0.0603. The normalized spacial score (nSPS) is 16.1. The fourth-order valence-corrected chi connectivity index (χ4v) is 1.81. The van der Waals surface area contributed by atoms with Crippen molar-refractivity contribution in [2.75, 3.05) is 39.4 Å². The summed E-state index contributed by atoms with van der Waals surface area (Å²) in [6, 6.07) is 0. The largest absolute Gasteiger partial charge is 0.382 e. The van der Waals surface area contributed by atoms with Gasteiger partial charge in [-0.15, -0.1) is 0 Å². The Hall–Kier alpha value is -1.30. The lowest BCUT2D eigenvalue weighted by atomic mass is 10.4. The van der Waals surface area contributed by atoms with Crippen LogP contribution >= 0.6 is 0 Å². The van der Waals surface area contributed by atoms with E-state index in [4.69, 9.17) is 10.5 Å². The fraction of sp³-hybridized carbons (Fsp3) is 0.833. The van der Waals surface area contributed by atoms with Crippen molar-refractivity contribution in [3.8, 4) is 0 Å². The Balaban J connectivity index is 2.10. The summed E-state index contributed by atoms with van der Waals surface area (Å²) in [5, 5.41) is 2.96. The highest BCUT2D eigenvalue weighted by Gasteiger charge is 2.16. The molecule has 0 saturated carbocycles. The van der Waals surface area contributed by atoms with Crippen molar-refractivity contribution < 1.29 is 9.53 Å². The number of nitrogens with two attached hydrogens (primary N) is 1. The maximum absolute atomic E-state index is 11.7. The van der Waals surface area contributed by atoms with Crippen molar-refractivity contribution in [1.29, 1.82) is 0 Å². The number of aliphatic imine (C=N–C) groups is 1. The van der Waals surface area contributed by atoms with Crippen LogP contribution in [0.1, 0.15) is 26.2 Å². The van der Waals surface area contributed by atoms with E-state index in [0.29, 0.717) is 19.1 Å². The molecule has 0 radical (unpaired) electrons. The zero-order chi connectivity index (χ0) is 13.2. The lowest BCUT2D eigenvalue weighted by molar-refractivity contribution is -0.128. The summed E-state index contributed by atoms with van der Waals surface area (Å²) in [7, 11) is 0. The third-order valence-electron chi connectivity index (χ3n) is 2.82. The van der Waals surface area contributed by atoms with Gasteiger partial charge in [0.1, 0.15) is 6.54 Å².